The Morgan fingerprint density at radius 3 is 2.62 bits per heavy atom. The van der Waals surface area contributed by atoms with Gasteiger partial charge in [0.2, 0.25) is 0 Å². The van der Waals surface area contributed by atoms with Crippen molar-refractivity contribution in [2.75, 3.05) is 57.4 Å². The van der Waals surface area contributed by atoms with E-state index in [0.717, 1.165) is 44.0 Å². The van der Waals surface area contributed by atoms with E-state index in [-0.39, 0.29) is 11.5 Å². The van der Waals surface area contributed by atoms with Crippen LogP contribution in [0.4, 0.5) is 11.5 Å². The summed E-state index contributed by atoms with van der Waals surface area (Å²) < 4.78 is 5.89. The van der Waals surface area contributed by atoms with Gasteiger partial charge in [-0.25, -0.2) is 9.97 Å². The molecule has 0 saturated carbocycles. The molecule has 1 saturated heterocycles. The predicted octanol–water partition coefficient (Wildman–Crippen LogP) is 2.00. The molecule has 3 N–H and O–H groups in total. The van der Waals surface area contributed by atoms with Gasteiger partial charge >= 0.3 is 0 Å². The van der Waals surface area contributed by atoms with E-state index in [1.807, 2.05) is 24.3 Å². The SMILES string of the molecule is CN1CCN(CCOc2ccc(-c3cnc(N)c(C(=O)Nc4cccnc4)n3)cc2)CC1. The Morgan fingerprint density at radius 2 is 1.91 bits per heavy atom. The van der Waals surface area contributed by atoms with E-state index in [9.17, 15) is 4.79 Å². The Bertz CT molecular complexity index is 1040. The number of hydrogen-bond acceptors (Lipinski definition) is 8. The van der Waals surface area contributed by atoms with E-state index < -0.39 is 5.91 Å². The first-order chi connectivity index (χ1) is 15.6. The molecule has 9 heteroatoms. The molecule has 0 atom stereocenters. The van der Waals surface area contributed by atoms with Gasteiger partial charge in [-0.05, 0) is 43.4 Å². The Labute approximate surface area is 187 Å². The number of nitrogens with one attached hydrogen (secondary N) is 1. The first-order valence-corrected chi connectivity index (χ1v) is 10.6. The summed E-state index contributed by atoms with van der Waals surface area (Å²) in [5, 5.41) is 2.73. The van der Waals surface area contributed by atoms with Gasteiger partial charge in [0.05, 0.1) is 23.8 Å². The van der Waals surface area contributed by atoms with Gasteiger partial charge in [0.1, 0.15) is 12.4 Å². The lowest BCUT2D eigenvalue weighted by Gasteiger charge is -2.32. The summed E-state index contributed by atoms with van der Waals surface area (Å²) in [4.78, 5) is 29.9. The second kappa shape index (κ2) is 10.2. The number of pyridine rings is 1. The van der Waals surface area contributed by atoms with Crippen LogP contribution in [0, 0.1) is 0 Å². The number of nitrogen functional groups attached to an aromatic ring is 1. The minimum atomic E-state index is -0.436. The molecular formula is C23H27N7O2. The van der Waals surface area contributed by atoms with E-state index >= 15 is 0 Å². The molecule has 3 aromatic rings. The minimum Gasteiger partial charge on any atom is -0.492 e. The van der Waals surface area contributed by atoms with Gasteiger partial charge in [0.15, 0.2) is 11.5 Å². The minimum absolute atomic E-state index is 0.0684. The Hall–Kier alpha value is -3.56. The molecular weight excluding hydrogens is 406 g/mol. The van der Waals surface area contributed by atoms with Crippen molar-refractivity contribution in [3.05, 3.63) is 60.7 Å². The number of benzene rings is 1. The van der Waals surface area contributed by atoms with E-state index in [1.54, 1.807) is 30.7 Å². The maximum Gasteiger partial charge on any atom is 0.278 e. The molecule has 1 aromatic carbocycles. The standard InChI is InChI=1S/C23H27N7O2/c1-29-9-11-30(12-10-29)13-14-32-19-6-4-17(5-7-19)20-16-26-22(24)21(28-20)23(31)27-18-3-2-8-25-15-18/h2-8,15-16H,9-14H2,1H3,(H2,24,26)(H,27,31). The van der Waals surface area contributed by atoms with Crippen molar-refractivity contribution in [3.63, 3.8) is 0 Å². The summed E-state index contributed by atoms with van der Waals surface area (Å²) in [5.41, 5.74) is 7.89. The number of carbonyl (C=O) groups excluding carboxylic acids is 1. The maximum absolute atomic E-state index is 12.6. The molecule has 0 unspecified atom stereocenters. The number of piperazine rings is 1. The molecule has 32 heavy (non-hydrogen) atoms. The molecule has 0 spiro atoms. The Kier molecular flexibility index (Phi) is 6.88. The van der Waals surface area contributed by atoms with E-state index in [1.165, 1.54) is 0 Å². The molecule has 2 aromatic heterocycles. The third-order valence-corrected chi connectivity index (χ3v) is 5.36. The number of nitrogens with zero attached hydrogens (tertiary/aromatic N) is 5. The summed E-state index contributed by atoms with van der Waals surface area (Å²) in [5.74, 6) is 0.425. The van der Waals surface area contributed by atoms with Crippen LogP contribution in [-0.4, -0.2) is 77.0 Å². The fraction of sp³-hybridized carbons (Fsp3) is 0.304. The predicted molar refractivity (Wildman–Crippen MR) is 124 cm³/mol. The van der Waals surface area contributed by atoms with Crippen LogP contribution in [-0.2, 0) is 0 Å². The van der Waals surface area contributed by atoms with Crippen molar-refractivity contribution in [2.45, 2.75) is 0 Å². The van der Waals surface area contributed by atoms with Crippen LogP contribution in [0.2, 0.25) is 0 Å². The number of anilines is 2. The molecule has 0 aliphatic carbocycles. The zero-order valence-electron chi connectivity index (χ0n) is 18.1. The molecule has 1 aliphatic heterocycles. The normalized spacial score (nSPS) is 14.8. The summed E-state index contributed by atoms with van der Waals surface area (Å²) in [7, 11) is 2.15. The smallest absolute Gasteiger partial charge is 0.278 e. The number of nitrogens with two attached hydrogens (primary N) is 1. The fourth-order valence-electron chi connectivity index (χ4n) is 3.42. The molecule has 1 amide bonds. The number of carbonyl (C=O) groups is 1. The highest BCUT2D eigenvalue weighted by Gasteiger charge is 2.16. The number of amides is 1. The maximum atomic E-state index is 12.6. The second-order valence-corrected chi connectivity index (χ2v) is 7.70. The van der Waals surface area contributed by atoms with Gasteiger partial charge < -0.3 is 20.7 Å². The van der Waals surface area contributed by atoms with Crippen LogP contribution in [0.3, 0.4) is 0 Å². The van der Waals surface area contributed by atoms with Crippen molar-refractivity contribution < 1.29 is 9.53 Å². The lowest BCUT2D eigenvalue weighted by Crippen LogP contribution is -2.45. The van der Waals surface area contributed by atoms with Crippen LogP contribution in [0.15, 0.2) is 55.0 Å². The van der Waals surface area contributed by atoms with Crippen LogP contribution >= 0.6 is 0 Å². The molecule has 9 nitrogen and oxygen atoms in total. The third kappa shape index (κ3) is 5.57. The zero-order chi connectivity index (χ0) is 22.3. The fourth-order valence-corrected chi connectivity index (χ4v) is 3.42. The van der Waals surface area contributed by atoms with Crippen LogP contribution in [0.1, 0.15) is 10.5 Å². The van der Waals surface area contributed by atoms with Gasteiger partial charge in [0.25, 0.3) is 5.91 Å². The molecule has 0 radical (unpaired) electrons. The first-order valence-electron chi connectivity index (χ1n) is 10.6. The van der Waals surface area contributed by atoms with Crippen LogP contribution in [0.25, 0.3) is 11.3 Å². The van der Waals surface area contributed by atoms with E-state index in [0.29, 0.717) is 18.0 Å². The average molecular weight is 434 g/mol. The number of ether oxygens (including phenoxy) is 1. The quantitative estimate of drug-likeness (QED) is 0.582. The number of aromatic nitrogens is 3. The molecule has 4 rings (SSSR count). The van der Waals surface area contributed by atoms with Crippen LogP contribution < -0.4 is 15.8 Å². The zero-order valence-corrected chi connectivity index (χ0v) is 18.1. The third-order valence-electron chi connectivity index (χ3n) is 5.36. The highest BCUT2D eigenvalue weighted by atomic mass is 16.5. The molecule has 1 fully saturated rings. The Morgan fingerprint density at radius 1 is 1.12 bits per heavy atom. The number of hydrogen-bond donors (Lipinski definition) is 2. The summed E-state index contributed by atoms with van der Waals surface area (Å²) in [6, 6.07) is 11.1. The van der Waals surface area contributed by atoms with Gasteiger partial charge in [-0.15, -0.1) is 0 Å². The van der Waals surface area contributed by atoms with Crippen molar-refractivity contribution in [1.29, 1.82) is 0 Å². The summed E-state index contributed by atoms with van der Waals surface area (Å²) in [6.07, 6.45) is 4.73. The topological polar surface area (TPSA) is 110 Å². The summed E-state index contributed by atoms with van der Waals surface area (Å²) >= 11 is 0. The first kappa shape index (κ1) is 21.7. The van der Waals surface area contributed by atoms with Crippen molar-refractivity contribution in [3.8, 4) is 17.0 Å². The average Bonchev–Trinajstić information content (AvgIpc) is 2.82. The van der Waals surface area contributed by atoms with E-state index in [4.69, 9.17) is 10.5 Å². The monoisotopic (exact) mass is 433 g/mol. The van der Waals surface area contributed by atoms with Gasteiger partial charge in [0, 0.05) is 44.5 Å². The lowest BCUT2D eigenvalue weighted by atomic mass is 10.1. The number of likely N-dealkylation sites (N-methyl/N-ethyl adjacent to an activating group) is 1. The van der Waals surface area contributed by atoms with Crippen molar-refractivity contribution in [1.82, 2.24) is 24.8 Å². The second-order valence-electron chi connectivity index (χ2n) is 7.70. The molecule has 0 bridgehead atoms. The van der Waals surface area contributed by atoms with Gasteiger partial charge in [-0.3, -0.25) is 14.7 Å². The highest BCUT2D eigenvalue weighted by Crippen LogP contribution is 2.22. The lowest BCUT2D eigenvalue weighted by molar-refractivity contribution is 0.102. The summed E-state index contributed by atoms with van der Waals surface area (Å²) in [6.45, 7) is 5.90. The molecule has 1 aliphatic rings. The molecule has 166 valence electrons. The van der Waals surface area contributed by atoms with E-state index in [2.05, 4.69) is 37.1 Å². The van der Waals surface area contributed by atoms with Gasteiger partial charge in [-0.2, -0.15) is 0 Å². The van der Waals surface area contributed by atoms with Gasteiger partial charge in [-0.1, -0.05) is 0 Å². The molecule has 3 heterocycles. The van der Waals surface area contributed by atoms with Crippen LogP contribution in [0.5, 0.6) is 5.75 Å². The van der Waals surface area contributed by atoms with Crippen molar-refractivity contribution >= 4 is 17.4 Å². The Balaban J connectivity index is 1.37. The van der Waals surface area contributed by atoms with Crippen molar-refractivity contribution in [2.24, 2.45) is 0 Å². The largest absolute Gasteiger partial charge is 0.492 e. The highest BCUT2D eigenvalue weighted by molar-refractivity contribution is 6.05. The number of rotatable bonds is 7.